The molecule has 2 aromatic rings. The minimum Gasteiger partial charge on any atom is -0.493 e. The van der Waals surface area contributed by atoms with Crippen LogP contribution in [0.3, 0.4) is 0 Å². The SMILES string of the molecule is COc1cc(/C(=C2/O[C@@H]([C@H](O)CO)[C@H]3OC(C)(C)O[C@@H]23)c2ccc3c(c2)OCO3)cc(OC)c1OC. The standard InChI is InChI=1S/C26H30O10/c1-26(2)35-24-21(15(28)11-27)34-23(25(24)36-26)20(13-6-7-16-17(8-13)33-12-32-16)14-9-18(29-3)22(31-5)19(10-14)30-4/h6-10,15,21,24-25,27-28H,11-12H2,1-5H3/b23-20+/t15-,21+,24-,25+/m1/s1. The van der Waals surface area contributed by atoms with Crippen LogP contribution in [0.1, 0.15) is 25.0 Å². The number of aliphatic hydroxyl groups excluding tert-OH is 2. The minimum absolute atomic E-state index is 0.131. The van der Waals surface area contributed by atoms with E-state index in [2.05, 4.69) is 0 Å². The van der Waals surface area contributed by atoms with Crippen molar-refractivity contribution in [1.29, 1.82) is 0 Å². The number of benzene rings is 2. The number of methoxy groups -OCH3 is 3. The summed E-state index contributed by atoms with van der Waals surface area (Å²) < 4.78 is 46.5. The third-order valence-electron chi connectivity index (χ3n) is 6.40. The molecule has 0 unspecified atom stereocenters. The lowest BCUT2D eigenvalue weighted by molar-refractivity contribution is -0.176. The van der Waals surface area contributed by atoms with Gasteiger partial charge in [0.1, 0.15) is 24.1 Å². The molecular weight excluding hydrogens is 472 g/mol. The topological polar surface area (TPSA) is 114 Å². The van der Waals surface area contributed by atoms with Crippen molar-refractivity contribution in [2.75, 3.05) is 34.7 Å². The Kier molecular flexibility index (Phi) is 6.37. The highest BCUT2D eigenvalue weighted by Gasteiger charge is 2.56. The number of fused-ring (bicyclic) bond motifs is 2. The second-order valence-electron chi connectivity index (χ2n) is 9.07. The molecule has 2 aromatic carbocycles. The summed E-state index contributed by atoms with van der Waals surface area (Å²) in [5.41, 5.74) is 2.08. The molecule has 0 saturated carbocycles. The first-order valence-corrected chi connectivity index (χ1v) is 11.6. The van der Waals surface area contributed by atoms with E-state index in [4.69, 9.17) is 37.9 Å². The molecule has 2 N–H and O–H groups in total. The molecule has 36 heavy (non-hydrogen) atoms. The molecule has 0 aromatic heterocycles. The summed E-state index contributed by atoms with van der Waals surface area (Å²) in [6.45, 7) is 3.23. The van der Waals surface area contributed by atoms with Gasteiger partial charge in [0.15, 0.2) is 34.9 Å². The fourth-order valence-electron chi connectivity index (χ4n) is 4.84. The lowest BCUT2D eigenvalue weighted by Crippen LogP contribution is -2.40. The predicted molar refractivity (Wildman–Crippen MR) is 126 cm³/mol. The van der Waals surface area contributed by atoms with Gasteiger partial charge in [-0.1, -0.05) is 6.07 Å². The Morgan fingerprint density at radius 1 is 0.972 bits per heavy atom. The van der Waals surface area contributed by atoms with Crippen LogP contribution in [0.15, 0.2) is 36.1 Å². The monoisotopic (exact) mass is 502 g/mol. The summed E-state index contributed by atoms with van der Waals surface area (Å²) in [7, 11) is 4.62. The molecule has 3 aliphatic heterocycles. The average Bonchev–Trinajstić information content (AvgIpc) is 3.56. The zero-order valence-electron chi connectivity index (χ0n) is 20.8. The zero-order valence-corrected chi connectivity index (χ0v) is 20.8. The van der Waals surface area contributed by atoms with Gasteiger partial charge in [0.2, 0.25) is 12.5 Å². The highest BCUT2D eigenvalue weighted by atomic mass is 16.8. The molecule has 3 aliphatic rings. The molecule has 0 amide bonds. The lowest BCUT2D eigenvalue weighted by Gasteiger charge is -2.25. The van der Waals surface area contributed by atoms with Gasteiger partial charge in [-0.2, -0.15) is 0 Å². The second kappa shape index (κ2) is 9.36. The number of aliphatic hydroxyl groups is 2. The van der Waals surface area contributed by atoms with E-state index in [-0.39, 0.29) is 6.79 Å². The molecule has 0 bridgehead atoms. The van der Waals surface area contributed by atoms with Gasteiger partial charge in [0.25, 0.3) is 0 Å². The van der Waals surface area contributed by atoms with Gasteiger partial charge in [-0.05, 0) is 49.2 Å². The number of rotatable bonds is 7. The Morgan fingerprint density at radius 2 is 1.67 bits per heavy atom. The van der Waals surface area contributed by atoms with Gasteiger partial charge >= 0.3 is 0 Å². The quantitative estimate of drug-likeness (QED) is 0.585. The summed E-state index contributed by atoms with van der Waals surface area (Å²) in [6, 6.07) is 9.17. The van der Waals surface area contributed by atoms with Crippen LogP contribution in [0.5, 0.6) is 28.7 Å². The smallest absolute Gasteiger partial charge is 0.231 e. The molecule has 10 heteroatoms. The molecule has 3 heterocycles. The first-order valence-electron chi connectivity index (χ1n) is 11.6. The van der Waals surface area contributed by atoms with E-state index in [0.29, 0.717) is 45.6 Å². The van der Waals surface area contributed by atoms with E-state index < -0.39 is 36.8 Å². The molecule has 194 valence electrons. The molecule has 10 nitrogen and oxygen atoms in total. The van der Waals surface area contributed by atoms with Crippen molar-refractivity contribution in [1.82, 2.24) is 0 Å². The summed E-state index contributed by atoms with van der Waals surface area (Å²) in [4.78, 5) is 0. The van der Waals surface area contributed by atoms with E-state index in [1.54, 1.807) is 28.1 Å². The van der Waals surface area contributed by atoms with Crippen molar-refractivity contribution in [3.63, 3.8) is 0 Å². The predicted octanol–water partition coefficient (Wildman–Crippen LogP) is 2.47. The Bertz CT molecular complexity index is 1150. The van der Waals surface area contributed by atoms with Crippen LogP contribution in [0.25, 0.3) is 5.57 Å². The van der Waals surface area contributed by atoms with Crippen LogP contribution in [-0.4, -0.2) is 75.1 Å². The molecule has 2 saturated heterocycles. The van der Waals surface area contributed by atoms with Crippen molar-refractivity contribution in [2.45, 2.75) is 44.1 Å². The molecule has 4 atom stereocenters. The Labute approximate surface area is 208 Å². The Morgan fingerprint density at radius 3 is 2.31 bits per heavy atom. The Hall–Kier alpha value is -3.18. The second-order valence-corrected chi connectivity index (χ2v) is 9.07. The molecule has 0 radical (unpaired) electrons. The lowest BCUT2D eigenvalue weighted by atomic mass is 9.93. The van der Waals surface area contributed by atoms with E-state index in [0.717, 1.165) is 5.56 Å². The number of hydrogen-bond acceptors (Lipinski definition) is 10. The first-order chi connectivity index (χ1) is 17.3. The maximum absolute atomic E-state index is 10.5. The van der Waals surface area contributed by atoms with Gasteiger partial charge in [-0.3, -0.25) is 0 Å². The summed E-state index contributed by atoms with van der Waals surface area (Å²) >= 11 is 0. The van der Waals surface area contributed by atoms with Crippen molar-refractivity contribution in [3.8, 4) is 28.7 Å². The van der Waals surface area contributed by atoms with Crippen molar-refractivity contribution >= 4 is 5.57 Å². The maximum atomic E-state index is 10.5. The first kappa shape index (κ1) is 24.5. The van der Waals surface area contributed by atoms with Crippen LogP contribution in [0.4, 0.5) is 0 Å². The third kappa shape index (κ3) is 4.09. The third-order valence-corrected chi connectivity index (χ3v) is 6.40. The van der Waals surface area contributed by atoms with Gasteiger partial charge < -0.3 is 48.1 Å². The van der Waals surface area contributed by atoms with Crippen molar-refractivity contribution in [2.24, 2.45) is 0 Å². The number of hydrogen-bond donors (Lipinski definition) is 2. The highest BCUT2D eigenvalue weighted by Crippen LogP contribution is 2.49. The van der Waals surface area contributed by atoms with Gasteiger partial charge in [0.05, 0.1) is 27.9 Å². The van der Waals surface area contributed by atoms with E-state index in [1.807, 2.05) is 30.3 Å². The average molecular weight is 503 g/mol. The molecule has 0 spiro atoms. The van der Waals surface area contributed by atoms with E-state index >= 15 is 0 Å². The summed E-state index contributed by atoms with van der Waals surface area (Å²) in [5, 5.41) is 20.2. The Balaban J connectivity index is 1.75. The highest BCUT2D eigenvalue weighted by molar-refractivity contribution is 5.85. The normalized spacial score (nSPS) is 25.7. The van der Waals surface area contributed by atoms with Crippen LogP contribution < -0.4 is 23.7 Å². The van der Waals surface area contributed by atoms with Crippen LogP contribution in [0.2, 0.25) is 0 Å². The van der Waals surface area contributed by atoms with E-state index in [1.165, 1.54) is 7.11 Å². The fraction of sp³-hybridized carbons (Fsp3) is 0.462. The minimum atomic E-state index is -1.18. The maximum Gasteiger partial charge on any atom is 0.231 e. The van der Waals surface area contributed by atoms with Crippen LogP contribution >= 0.6 is 0 Å². The molecule has 2 fully saturated rings. The van der Waals surface area contributed by atoms with E-state index in [9.17, 15) is 10.2 Å². The largest absolute Gasteiger partial charge is 0.493 e. The van der Waals surface area contributed by atoms with Crippen LogP contribution in [0, 0.1) is 0 Å². The fourth-order valence-corrected chi connectivity index (χ4v) is 4.84. The summed E-state index contributed by atoms with van der Waals surface area (Å²) in [6.07, 6.45) is -3.30. The van der Waals surface area contributed by atoms with Gasteiger partial charge in [-0.25, -0.2) is 0 Å². The molecular formula is C26H30O10. The van der Waals surface area contributed by atoms with Crippen LogP contribution in [-0.2, 0) is 14.2 Å². The number of ether oxygens (including phenoxy) is 8. The van der Waals surface area contributed by atoms with Crippen molar-refractivity contribution in [3.05, 3.63) is 47.2 Å². The van der Waals surface area contributed by atoms with Gasteiger partial charge in [-0.15, -0.1) is 0 Å². The van der Waals surface area contributed by atoms with Gasteiger partial charge in [0, 0.05) is 5.57 Å². The van der Waals surface area contributed by atoms with Crippen molar-refractivity contribution < 1.29 is 48.1 Å². The molecule has 5 rings (SSSR count). The molecule has 0 aliphatic carbocycles. The zero-order chi connectivity index (χ0) is 25.6. The summed E-state index contributed by atoms with van der Waals surface area (Å²) in [5.74, 6) is 2.09.